The van der Waals surface area contributed by atoms with E-state index in [1.165, 1.54) is 19.2 Å². The molecule has 0 aromatic carbocycles. The van der Waals surface area contributed by atoms with Gasteiger partial charge in [0.05, 0.1) is 12.0 Å². The van der Waals surface area contributed by atoms with Crippen molar-refractivity contribution in [1.29, 1.82) is 0 Å². The molecular formula is C12H16N4O5. The minimum absolute atomic E-state index is 0.0121. The van der Waals surface area contributed by atoms with E-state index >= 15 is 0 Å². The normalized spacial score (nSPS) is 9.95. The Balaban J connectivity index is 2.74. The van der Waals surface area contributed by atoms with Crippen molar-refractivity contribution in [2.75, 3.05) is 19.0 Å². The van der Waals surface area contributed by atoms with Gasteiger partial charge >= 0.3 is 11.7 Å². The molecule has 3 N–H and O–H groups in total. The largest absolute Gasteiger partial charge is 0.464 e. The van der Waals surface area contributed by atoms with Crippen LogP contribution in [0.25, 0.3) is 0 Å². The van der Waals surface area contributed by atoms with E-state index < -0.39 is 16.8 Å². The van der Waals surface area contributed by atoms with Gasteiger partial charge < -0.3 is 15.8 Å². The number of amides is 1. The van der Waals surface area contributed by atoms with Crippen LogP contribution in [0.4, 0.5) is 11.5 Å². The van der Waals surface area contributed by atoms with Crippen LogP contribution in [0.2, 0.25) is 0 Å². The molecule has 114 valence electrons. The number of hydrogen-bond acceptors (Lipinski definition) is 7. The molecule has 0 radical (unpaired) electrons. The number of hydrogen-bond donors (Lipinski definition) is 2. The number of ether oxygens (including phenoxy) is 1. The van der Waals surface area contributed by atoms with Gasteiger partial charge in [-0.05, 0) is 18.9 Å². The summed E-state index contributed by atoms with van der Waals surface area (Å²) in [5.41, 5.74) is 4.74. The Morgan fingerprint density at radius 3 is 2.71 bits per heavy atom. The van der Waals surface area contributed by atoms with E-state index in [2.05, 4.69) is 15.0 Å². The molecule has 0 aliphatic heterocycles. The number of nitrogens with zero attached hydrogens (tertiary/aromatic N) is 2. The topological polar surface area (TPSA) is 137 Å². The standard InChI is InChI=1S/C12H16N4O5/c1-21-12(18)8-5-6-9(16(19)20)11(15-8)14-7-3-2-4-10(13)17/h5-6H,2-4,7H2,1H3,(H2,13,17)(H,14,15). The van der Waals surface area contributed by atoms with Crippen molar-refractivity contribution < 1.29 is 19.2 Å². The van der Waals surface area contributed by atoms with Crippen molar-refractivity contribution in [3.63, 3.8) is 0 Å². The molecular weight excluding hydrogens is 280 g/mol. The number of primary amides is 1. The van der Waals surface area contributed by atoms with E-state index in [1.54, 1.807) is 0 Å². The molecule has 1 aromatic rings. The van der Waals surface area contributed by atoms with Crippen molar-refractivity contribution >= 4 is 23.4 Å². The van der Waals surface area contributed by atoms with Crippen LogP contribution in [0.3, 0.4) is 0 Å². The Hall–Kier alpha value is -2.71. The predicted octanol–water partition coefficient (Wildman–Crippen LogP) is 0.844. The van der Waals surface area contributed by atoms with Crippen LogP contribution in [0.1, 0.15) is 29.8 Å². The molecule has 0 bridgehead atoms. The maximum Gasteiger partial charge on any atom is 0.356 e. The summed E-state index contributed by atoms with van der Waals surface area (Å²) >= 11 is 0. The molecule has 1 aromatic heterocycles. The second kappa shape index (κ2) is 7.78. The van der Waals surface area contributed by atoms with Gasteiger partial charge in [0.15, 0.2) is 5.69 Å². The fourth-order valence-electron chi connectivity index (χ4n) is 1.58. The van der Waals surface area contributed by atoms with E-state index in [0.717, 1.165) is 0 Å². The lowest BCUT2D eigenvalue weighted by molar-refractivity contribution is -0.384. The number of esters is 1. The van der Waals surface area contributed by atoms with Crippen molar-refractivity contribution in [1.82, 2.24) is 4.98 Å². The number of aromatic nitrogens is 1. The summed E-state index contributed by atoms with van der Waals surface area (Å²) in [4.78, 5) is 36.1. The zero-order valence-electron chi connectivity index (χ0n) is 11.5. The number of pyridine rings is 1. The molecule has 0 aliphatic carbocycles. The molecule has 9 nitrogen and oxygen atoms in total. The van der Waals surface area contributed by atoms with Crippen LogP contribution in [0, 0.1) is 10.1 Å². The van der Waals surface area contributed by atoms with E-state index in [4.69, 9.17) is 5.73 Å². The highest BCUT2D eigenvalue weighted by Crippen LogP contribution is 2.22. The summed E-state index contributed by atoms with van der Waals surface area (Å²) in [6.07, 6.45) is 1.40. The SMILES string of the molecule is COC(=O)c1ccc([N+](=O)[O-])c(NCCCCC(N)=O)n1. The van der Waals surface area contributed by atoms with Gasteiger partial charge in [-0.3, -0.25) is 14.9 Å². The van der Waals surface area contributed by atoms with Crippen molar-refractivity contribution in [2.45, 2.75) is 19.3 Å². The summed E-state index contributed by atoms with van der Waals surface area (Å²) in [7, 11) is 1.20. The molecule has 0 aliphatic rings. The van der Waals surface area contributed by atoms with Crippen LogP contribution in [0.15, 0.2) is 12.1 Å². The molecule has 21 heavy (non-hydrogen) atoms. The maximum absolute atomic E-state index is 11.4. The van der Waals surface area contributed by atoms with Crippen molar-refractivity contribution in [2.24, 2.45) is 5.73 Å². The second-order valence-corrected chi connectivity index (χ2v) is 4.16. The second-order valence-electron chi connectivity index (χ2n) is 4.16. The van der Waals surface area contributed by atoms with Crippen LogP contribution in [-0.4, -0.2) is 35.4 Å². The summed E-state index contributed by atoms with van der Waals surface area (Å²) in [5.74, 6) is -1.09. The fraction of sp³-hybridized carbons (Fsp3) is 0.417. The average Bonchev–Trinajstić information content (AvgIpc) is 2.45. The highest BCUT2D eigenvalue weighted by atomic mass is 16.6. The average molecular weight is 296 g/mol. The minimum Gasteiger partial charge on any atom is -0.464 e. The van der Waals surface area contributed by atoms with Crippen molar-refractivity contribution in [3.8, 4) is 0 Å². The summed E-state index contributed by atoms with van der Waals surface area (Å²) in [5, 5.41) is 13.7. The summed E-state index contributed by atoms with van der Waals surface area (Å²) in [6, 6.07) is 2.41. The number of nitro groups is 1. The third kappa shape index (κ3) is 5.05. The molecule has 0 fully saturated rings. The molecule has 0 spiro atoms. The Kier molecular flexibility index (Phi) is 6.05. The van der Waals surface area contributed by atoms with Crippen LogP contribution in [0.5, 0.6) is 0 Å². The lowest BCUT2D eigenvalue weighted by Crippen LogP contribution is -2.12. The number of rotatable bonds is 8. The van der Waals surface area contributed by atoms with Crippen molar-refractivity contribution in [3.05, 3.63) is 27.9 Å². The zero-order valence-corrected chi connectivity index (χ0v) is 11.5. The van der Waals surface area contributed by atoms with Gasteiger partial charge in [0.2, 0.25) is 11.7 Å². The van der Waals surface area contributed by atoms with E-state index in [1.807, 2.05) is 0 Å². The Bertz CT molecular complexity index is 546. The Morgan fingerprint density at radius 1 is 1.43 bits per heavy atom. The molecule has 0 saturated heterocycles. The van der Waals surface area contributed by atoms with E-state index in [9.17, 15) is 19.7 Å². The number of carbonyl (C=O) groups is 2. The third-order valence-corrected chi connectivity index (χ3v) is 2.61. The summed E-state index contributed by atoms with van der Waals surface area (Å²) < 4.78 is 4.51. The fourth-order valence-corrected chi connectivity index (χ4v) is 1.58. The summed E-state index contributed by atoms with van der Waals surface area (Å²) in [6.45, 7) is 0.367. The third-order valence-electron chi connectivity index (χ3n) is 2.61. The Morgan fingerprint density at radius 2 is 2.14 bits per heavy atom. The van der Waals surface area contributed by atoms with Gasteiger partial charge in [-0.25, -0.2) is 9.78 Å². The monoisotopic (exact) mass is 296 g/mol. The number of carbonyl (C=O) groups excluding carboxylic acids is 2. The first-order valence-corrected chi connectivity index (χ1v) is 6.21. The Labute approximate surface area is 120 Å². The highest BCUT2D eigenvalue weighted by Gasteiger charge is 2.18. The lowest BCUT2D eigenvalue weighted by atomic mass is 10.2. The molecule has 0 atom stereocenters. The number of unbranched alkanes of at least 4 members (excludes halogenated alkanes) is 1. The molecule has 1 rings (SSSR count). The van der Waals surface area contributed by atoms with Gasteiger partial charge in [0, 0.05) is 19.0 Å². The van der Waals surface area contributed by atoms with E-state index in [-0.39, 0.29) is 23.6 Å². The van der Waals surface area contributed by atoms with Gasteiger partial charge in [0.1, 0.15) is 0 Å². The van der Waals surface area contributed by atoms with E-state index in [0.29, 0.717) is 19.4 Å². The number of nitrogens with one attached hydrogen (secondary N) is 1. The first-order chi connectivity index (χ1) is 9.95. The van der Waals surface area contributed by atoms with Gasteiger partial charge in [0.25, 0.3) is 0 Å². The van der Waals surface area contributed by atoms with Gasteiger partial charge in [-0.15, -0.1) is 0 Å². The number of nitrogens with two attached hydrogens (primary N) is 1. The van der Waals surface area contributed by atoms with Crippen LogP contribution in [-0.2, 0) is 9.53 Å². The van der Waals surface area contributed by atoms with Crippen LogP contribution < -0.4 is 11.1 Å². The van der Waals surface area contributed by atoms with Crippen LogP contribution >= 0.6 is 0 Å². The number of anilines is 1. The lowest BCUT2D eigenvalue weighted by Gasteiger charge is -2.07. The molecule has 0 unspecified atom stereocenters. The molecule has 1 heterocycles. The zero-order chi connectivity index (χ0) is 15.8. The molecule has 9 heteroatoms. The molecule has 0 saturated carbocycles. The van der Waals surface area contributed by atoms with Gasteiger partial charge in [-0.2, -0.15) is 0 Å². The number of methoxy groups -OCH3 is 1. The maximum atomic E-state index is 11.4. The van der Waals surface area contributed by atoms with Gasteiger partial charge in [-0.1, -0.05) is 0 Å². The first-order valence-electron chi connectivity index (χ1n) is 6.21. The predicted molar refractivity (Wildman–Crippen MR) is 73.8 cm³/mol. The quantitative estimate of drug-likeness (QED) is 0.314. The minimum atomic E-state index is -0.679. The smallest absolute Gasteiger partial charge is 0.356 e. The first kappa shape index (κ1) is 16.3. The highest BCUT2D eigenvalue weighted by molar-refractivity contribution is 5.88. The molecule has 1 amide bonds.